The van der Waals surface area contributed by atoms with Crippen LogP contribution in [0.2, 0.25) is 0 Å². The van der Waals surface area contributed by atoms with Crippen LogP contribution in [0.4, 0.5) is 0 Å². The minimum atomic E-state index is -0.752. The lowest BCUT2D eigenvalue weighted by molar-refractivity contribution is -0.152. The average molecular weight is 361 g/mol. The second kappa shape index (κ2) is 7.86. The third-order valence-corrected chi connectivity index (χ3v) is 4.63. The molecule has 3 N–H and O–H groups in total. The fraction of sp³-hybridized carbons (Fsp3) is 0.526. The Hall–Kier alpha value is -2.41. The molecule has 1 aromatic carbocycles. The van der Waals surface area contributed by atoms with Crippen LogP contribution in [0.3, 0.4) is 0 Å². The number of likely N-dealkylation sites (tertiary alicyclic amines) is 1. The van der Waals surface area contributed by atoms with E-state index in [0.29, 0.717) is 12.0 Å². The van der Waals surface area contributed by atoms with Crippen LogP contribution in [0.1, 0.15) is 37.6 Å². The van der Waals surface area contributed by atoms with Gasteiger partial charge in [0.2, 0.25) is 5.91 Å². The highest BCUT2D eigenvalue weighted by atomic mass is 16.5. The number of nitrogens with zero attached hydrogens (tertiary/aromatic N) is 1. The Morgan fingerprint density at radius 1 is 1.23 bits per heavy atom. The van der Waals surface area contributed by atoms with E-state index in [1.54, 1.807) is 24.3 Å². The van der Waals surface area contributed by atoms with E-state index in [4.69, 9.17) is 10.5 Å². The first-order valence-corrected chi connectivity index (χ1v) is 8.65. The fourth-order valence-electron chi connectivity index (χ4n) is 2.95. The van der Waals surface area contributed by atoms with Crippen LogP contribution in [0.5, 0.6) is 0 Å². The zero-order valence-electron chi connectivity index (χ0n) is 15.7. The van der Waals surface area contributed by atoms with Gasteiger partial charge >= 0.3 is 5.97 Å². The van der Waals surface area contributed by atoms with Gasteiger partial charge in [0.15, 0.2) is 0 Å². The van der Waals surface area contributed by atoms with Crippen molar-refractivity contribution >= 4 is 17.8 Å². The van der Waals surface area contributed by atoms with Gasteiger partial charge in [0, 0.05) is 24.6 Å². The lowest BCUT2D eigenvalue weighted by Crippen LogP contribution is -2.53. The van der Waals surface area contributed by atoms with Gasteiger partial charge in [0.25, 0.3) is 5.91 Å². The van der Waals surface area contributed by atoms with Crippen molar-refractivity contribution in [1.82, 2.24) is 10.2 Å². The summed E-state index contributed by atoms with van der Waals surface area (Å²) < 4.78 is 4.83. The van der Waals surface area contributed by atoms with E-state index in [1.165, 1.54) is 12.0 Å². The summed E-state index contributed by atoms with van der Waals surface area (Å²) >= 11 is 0. The number of hydrogen-bond donors (Lipinski definition) is 2. The Labute approximate surface area is 153 Å². The van der Waals surface area contributed by atoms with Crippen molar-refractivity contribution in [3.05, 3.63) is 35.9 Å². The number of benzene rings is 1. The molecule has 0 aliphatic carbocycles. The summed E-state index contributed by atoms with van der Waals surface area (Å²) in [5.74, 6) is -1.06. The van der Waals surface area contributed by atoms with Gasteiger partial charge in [0.05, 0.1) is 13.2 Å². The van der Waals surface area contributed by atoms with E-state index in [2.05, 4.69) is 5.32 Å². The van der Waals surface area contributed by atoms with Crippen LogP contribution < -0.4 is 11.1 Å². The maximum Gasteiger partial charge on any atom is 0.328 e. The molecule has 2 rings (SSSR count). The van der Waals surface area contributed by atoms with Gasteiger partial charge in [-0.15, -0.1) is 0 Å². The quantitative estimate of drug-likeness (QED) is 0.777. The summed E-state index contributed by atoms with van der Waals surface area (Å²) in [6, 6.07) is 6.95. The zero-order valence-corrected chi connectivity index (χ0v) is 15.7. The van der Waals surface area contributed by atoms with Crippen LogP contribution in [0.25, 0.3) is 0 Å². The van der Waals surface area contributed by atoms with Crippen molar-refractivity contribution in [2.45, 2.75) is 45.3 Å². The lowest BCUT2D eigenvalue weighted by Gasteiger charge is -2.32. The van der Waals surface area contributed by atoms with E-state index in [0.717, 1.165) is 0 Å². The molecule has 1 fully saturated rings. The Bertz CT molecular complexity index is 669. The number of nitrogens with two attached hydrogens (primary N) is 1. The van der Waals surface area contributed by atoms with Crippen molar-refractivity contribution in [3.63, 3.8) is 0 Å². The third kappa shape index (κ3) is 4.40. The van der Waals surface area contributed by atoms with Gasteiger partial charge in [-0.3, -0.25) is 9.59 Å². The molecule has 0 bridgehead atoms. The second-order valence-electron chi connectivity index (χ2n) is 7.65. The molecular formula is C19H27N3O4. The first-order chi connectivity index (χ1) is 12.1. The van der Waals surface area contributed by atoms with E-state index < -0.39 is 23.5 Å². The topological polar surface area (TPSA) is 102 Å². The summed E-state index contributed by atoms with van der Waals surface area (Å²) in [6.07, 6.45) is 0.299. The zero-order chi connectivity index (χ0) is 19.5. The number of carbonyl (C=O) groups excluding carboxylic acids is 3. The smallest absolute Gasteiger partial charge is 0.328 e. The van der Waals surface area contributed by atoms with E-state index in [1.807, 2.05) is 26.8 Å². The van der Waals surface area contributed by atoms with Crippen LogP contribution in [0.15, 0.2) is 30.3 Å². The van der Waals surface area contributed by atoms with Crippen molar-refractivity contribution in [1.29, 1.82) is 0 Å². The van der Waals surface area contributed by atoms with Crippen LogP contribution in [-0.4, -0.2) is 54.5 Å². The molecule has 3 atom stereocenters. The number of amides is 2. The summed E-state index contributed by atoms with van der Waals surface area (Å²) in [7, 11) is 1.28. The standard InChI is InChI=1S/C19H27N3O4/c1-19(2,3)15(20)17(24)22-11-13(10-14(22)18(25)26-4)21-16(23)12-8-6-5-7-9-12/h5-9,13-15H,10-11,20H2,1-4H3,(H,21,23). The normalized spacial score (nSPS) is 21.2. The Kier molecular flexibility index (Phi) is 6.02. The molecule has 142 valence electrons. The lowest BCUT2D eigenvalue weighted by atomic mass is 9.86. The molecule has 3 unspecified atom stereocenters. The van der Waals surface area contributed by atoms with Crippen molar-refractivity contribution < 1.29 is 19.1 Å². The number of methoxy groups -OCH3 is 1. The molecule has 7 heteroatoms. The Morgan fingerprint density at radius 2 is 1.85 bits per heavy atom. The number of nitrogens with one attached hydrogen (secondary N) is 1. The van der Waals surface area contributed by atoms with Gasteiger partial charge in [-0.05, 0) is 17.5 Å². The summed E-state index contributed by atoms with van der Waals surface area (Å²) in [4.78, 5) is 38.7. The van der Waals surface area contributed by atoms with Crippen LogP contribution in [0, 0.1) is 5.41 Å². The third-order valence-electron chi connectivity index (χ3n) is 4.63. The highest BCUT2D eigenvalue weighted by molar-refractivity contribution is 5.95. The number of carbonyl (C=O) groups is 3. The van der Waals surface area contributed by atoms with Crippen LogP contribution in [-0.2, 0) is 14.3 Å². The number of esters is 1. The summed E-state index contributed by atoms with van der Waals surface area (Å²) in [6.45, 7) is 5.83. The predicted molar refractivity (Wildman–Crippen MR) is 97.3 cm³/mol. The Balaban J connectivity index is 2.14. The van der Waals surface area contributed by atoms with Crippen molar-refractivity contribution in [2.24, 2.45) is 11.1 Å². The molecule has 1 aliphatic heterocycles. The largest absolute Gasteiger partial charge is 0.467 e. The van der Waals surface area contributed by atoms with E-state index >= 15 is 0 Å². The minimum absolute atomic E-state index is 0.223. The molecular weight excluding hydrogens is 334 g/mol. The molecule has 1 heterocycles. The minimum Gasteiger partial charge on any atom is -0.467 e. The highest BCUT2D eigenvalue weighted by Gasteiger charge is 2.44. The van der Waals surface area contributed by atoms with Gasteiger partial charge < -0.3 is 20.7 Å². The van der Waals surface area contributed by atoms with Crippen molar-refractivity contribution in [2.75, 3.05) is 13.7 Å². The summed E-state index contributed by atoms with van der Waals surface area (Å²) in [5.41, 5.74) is 6.17. The fourth-order valence-corrected chi connectivity index (χ4v) is 2.95. The molecule has 0 aromatic heterocycles. The summed E-state index contributed by atoms with van der Waals surface area (Å²) in [5, 5.41) is 2.89. The molecule has 7 nitrogen and oxygen atoms in total. The molecule has 2 amide bonds. The average Bonchev–Trinajstić information content (AvgIpc) is 3.03. The first-order valence-electron chi connectivity index (χ1n) is 8.65. The second-order valence-corrected chi connectivity index (χ2v) is 7.65. The van der Waals surface area contributed by atoms with Crippen molar-refractivity contribution in [3.8, 4) is 0 Å². The molecule has 0 saturated carbocycles. The number of ether oxygens (including phenoxy) is 1. The van der Waals surface area contributed by atoms with E-state index in [9.17, 15) is 14.4 Å². The van der Waals surface area contributed by atoms with Gasteiger partial charge in [0.1, 0.15) is 6.04 Å². The monoisotopic (exact) mass is 361 g/mol. The molecule has 26 heavy (non-hydrogen) atoms. The first kappa shape index (κ1) is 19.9. The number of hydrogen-bond acceptors (Lipinski definition) is 5. The Morgan fingerprint density at radius 3 is 2.38 bits per heavy atom. The van der Waals surface area contributed by atoms with E-state index in [-0.39, 0.29) is 24.4 Å². The van der Waals surface area contributed by atoms with Gasteiger partial charge in [-0.25, -0.2) is 4.79 Å². The predicted octanol–water partition coefficient (Wildman–Crippen LogP) is 0.932. The van der Waals surface area contributed by atoms with Gasteiger partial charge in [-0.2, -0.15) is 0 Å². The highest BCUT2D eigenvalue weighted by Crippen LogP contribution is 2.25. The molecule has 1 aromatic rings. The maximum atomic E-state index is 12.8. The molecule has 0 spiro atoms. The maximum absolute atomic E-state index is 12.8. The number of rotatable bonds is 4. The molecule has 0 radical (unpaired) electrons. The molecule has 1 saturated heterocycles. The van der Waals surface area contributed by atoms with Crippen LogP contribution >= 0.6 is 0 Å². The van der Waals surface area contributed by atoms with Gasteiger partial charge in [-0.1, -0.05) is 39.0 Å². The molecule has 1 aliphatic rings. The SMILES string of the molecule is COC(=O)C1CC(NC(=O)c2ccccc2)CN1C(=O)C(N)C(C)(C)C.